The molecular weight excluding hydrogens is 274 g/mol. The minimum absolute atomic E-state index is 0.118. The van der Waals surface area contributed by atoms with Gasteiger partial charge in [0.05, 0.1) is 31.7 Å². The average Bonchev–Trinajstić information content (AvgIpc) is 2.52. The minimum Gasteiger partial charge on any atom is -0.383 e. The largest absolute Gasteiger partial charge is 0.383 e. The van der Waals surface area contributed by atoms with Crippen molar-refractivity contribution in [1.29, 1.82) is 0 Å². The van der Waals surface area contributed by atoms with Gasteiger partial charge in [-0.1, -0.05) is 0 Å². The number of ether oxygens (including phenoxy) is 3. The van der Waals surface area contributed by atoms with Crippen LogP contribution in [0.25, 0.3) is 0 Å². The van der Waals surface area contributed by atoms with Gasteiger partial charge in [-0.15, -0.1) is 0 Å². The fourth-order valence-electron chi connectivity index (χ4n) is 2.09. The standard InChI is InChI=1S/C14H23N3O4/c1-16(6-9-19-2)12-10-13(18)17(15-11-12)5-4-14-20-7-3-8-21-14/h10-11,14H,3-9H2,1-2H3. The maximum Gasteiger partial charge on any atom is 0.268 e. The first-order valence-electron chi connectivity index (χ1n) is 7.21. The maximum atomic E-state index is 12.1. The van der Waals surface area contributed by atoms with Crippen LogP contribution in [0.2, 0.25) is 0 Å². The molecule has 0 spiro atoms. The van der Waals surface area contributed by atoms with E-state index in [9.17, 15) is 4.79 Å². The van der Waals surface area contributed by atoms with Gasteiger partial charge in [0, 0.05) is 39.7 Å². The maximum absolute atomic E-state index is 12.1. The first kappa shape index (κ1) is 15.9. The Labute approximate surface area is 124 Å². The van der Waals surface area contributed by atoms with Gasteiger partial charge < -0.3 is 19.1 Å². The van der Waals surface area contributed by atoms with E-state index in [0.29, 0.717) is 26.1 Å². The summed E-state index contributed by atoms with van der Waals surface area (Å²) in [5, 5.41) is 4.20. The third kappa shape index (κ3) is 4.80. The van der Waals surface area contributed by atoms with Crippen LogP contribution >= 0.6 is 0 Å². The Morgan fingerprint density at radius 2 is 2.24 bits per heavy atom. The van der Waals surface area contributed by atoms with Gasteiger partial charge in [0.1, 0.15) is 0 Å². The number of rotatable bonds is 7. The Morgan fingerprint density at radius 3 is 2.90 bits per heavy atom. The molecule has 1 aromatic rings. The van der Waals surface area contributed by atoms with Crippen molar-refractivity contribution in [3.63, 3.8) is 0 Å². The monoisotopic (exact) mass is 297 g/mol. The predicted octanol–water partition coefficient (Wildman–Crippen LogP) is 0.479. The Kier molecular flexibility index (Phi) is 6.16. The molecule has 1 fully saturated rings. The Balaban J connectivity index is 1.90. The summed E-state index contributed by atoms with van der Waals surface area (Å²) in [5.41, 5.74) is 0.672. The number of likely N-dealkylation sites (N-methyl/N-ethyl adjacent to an activating group) is 1. The van der Waals surface area contributed by atoms with Crippen LogP contribution in [0.15, 0.2) is 17.1 Å². The molecule has 118 valence electrons. The van der Waals surface area contributed by atoms with Gasteiger partial charge in [-0.2, -0.15) is 5.10 Å². The Morgan fingerprint density at radius 1 is 1.48 bits per heavy atom. The number of aryl methyl sites for hydroxylation is 1. The number of aromatic nitrogens is 2. The third-order valence-corrected chi connectivity index (χ3v) is 3.40. The SMILES string of the molecule is COCCN(C)c1cnn(CCC2OCCCO2)c(=O)c1. The molecule has 1 aliphatic heterocycles. The van der Waals surface area contributed by atoms with Crippen LogP contribution in [0.3, 0.4) is 0 Å². The summed E-state index contributed by atoms with van der Waals surface area (Å²) in [6.45, 7) is 3.25. The molecule has 0 saturated carbocycles. The summed E-state index contributed by atoms with van der Waals surface area (Å²) < 4.78 is 17.4. The number of anilines is 1. The van der Waals surface area contributed by atoms with E-state index >= 15 is 0 Å². The second kappa shape index (κ2) is 8.11. The van der Waals surface area contributed by atoms with E-state index in [1.165, 1.54) is 4.68 Å². The molecule has 2 heterocycles. The summed E-state index contributed by atoms with van der Waals surface area (Å²) >= 11 is 0. The van der Waals surface area contributed by atoms with Crippen molar-refractivity contribution in [3.8, 4) is 0 Å². The lowest BCUT2D eigenvalue weighted by atomic mass is 10.3. The van der Waals surface area contributed by atoms with Crippen molar-refractivity contribution >= 4 is 5.69 Å². The molecule has 2 rings (SSSR count). The highest BCUT2D eigenvalue weighted by molar-refractivity contribution is 5.41. The normalized spacial score (nSPS) is 16.1. The molecule has 0 amide bonds. The number of nitrogens with zero attached hydrogens (tertiary/aromatic N) is 3. The fraction of sp³-hybridized carbons (Fsp3) is 0.714. The molecule has 7 nitrogen and oxygen atoms in total. The van der Waals surface area contributed by atoms with Gasteiger partial charge >= 0.3 is 0 Å². The molecule has 0 aromatic carbocycles. The predicted molar refractivity (Wildman–Crippen MR) is 78.6 cm³/mol. The van der Waals surface area contributed by atoms with E-state index in [4.69, 9.17) is 14.2 Å². The van der Waals surface area contributed by atoms with Crippen LogP contribution in [0.1, 0.15) is 12.8 Å². The average molecular weight is 297 g/mol. The lowest BCUT2D eigenvalue weighted by Gasteiger charge is -2.23. The first-order chi connectivity index (χ1) is 10.2. The van der Waals surface area contributed by atoms with E-state index in [1.807, 2.05) is 11.9 Å². The van der Waals surface area contributed by atoms with Crippen molar-refractivity contribution < 1.29 is 14.2 Å². The molecule has 0 aliphatic carbocycles. The van der Waals surface area contributed by atoms with E-state index < -0.39 is 0 Å². The summed E-state index contributed by atoms with van der Waals surface area (Å²) in [5.74, 6) is 0. The summed E-state index contributed by atoms with van der Waals surface area (Å²) in [7, 11) is 3.56. The third-order valence-electron chi connectivity index (χ3n) is 3.40. The highest BCUT2D eigenvalue weighted by Crippen LogP contribution is 2.10. The first-order valence-corrected chi connectivity index (χ1v) is 7.21. The van der Waals surface area contributed by atoms with E-state index in [1.54, 1.807) is 19.4 Å². The molecule has 0 unspecified atom stereocenters. The fourth-order valence-corrected chi connectivity index (χ4v) is 2.09. The minimum atomic E-state index is -0.225. The van der Waals surface area contributed by atoms with Crippen LogP contribution < -0.4 is 10.5 Å². The lowest BCUT2D eigenvalue weighted by molar-refractivity contribution is -0.182. The van der Waals surface area contributed by atoms with Crippen molar-refractivity contribution in [2.75, 3.05) is 45.4 Å². The Bertz CT molecular complexity index is 485. The van der Waals surface area contributed by atoms with Crippen LogP contribution in [-0.2, 0) is 20.8 Å². The van der Waals surface area contributed by atoms with Crippen LogP contribution in [0.4, 0.5) is 5.69 Å². The number of hydrogen-bond donors (Lipinski definition) is 0. The zero-order valence-corrected chi connectivity index (χ0v) is 12.7. The molecule has 0 bridgehead atoms. The molecular formula is C14H23N3O4. The molecule has 7 heteroatoms. The zero-order valence-electron chi connectivity index (χ0n) is 12.7. The molecule has 0 radical (unpaired) electrons. The van der Waals surface area contributed by atoms with E-state index in [-0.39, 0.29) is 11.8 Å². The van der Waals surface area contributed by atoms with Gasteiger partial charge in [0.15, 0.2) is 6.29 Å². The molecule has 0 N–H and O–H groups in total. The quantitative estimate of drug-likeness (QED) is 0.729. The van der Waals surface area contributed by atoms with Crippen LogP contribution in [-0.4, -0.2) is 56.6 Å². The van der Waals surface area contributed by atoms with Crippen molar-refractivity contribution in [2.45, 2.75) is 25.7 Å². The summed E-state index contributed by atoms with van der Waals surface area (Å²) in [6.07, 6.45) is 3.03. The van der Waals surface area contributed by atoms with Crippen molar-refractivity contribution in [1.82, 2.24) is 9.78 Å². The van der Waals surface area contributed by atoms with Gasteiger partial charge in [-0.3, -0.25) is 4.79 Å². The molecule has 0 atom stereocenters. The van der Waals surface area contributed by atoms with Crippen LogP contribution in [0.5, 0.6) is 0 Å². The van der Waals surface area contributed by atoms with Gasteiger partial charge in [-0.25, -0.2) is 4.68 Å². The van der Waals surface area contributed by atoms with Crippen molar-refractivity contribution in [2.24, 2.45) is 0 Å². The van der Waals surface area contributed by atoms with Gasteiger partial charge in [-0.05, 0) is 6.42 Å². The second-order valence-corrected chi connectivity index (χ2v) is 5.00. The lowest BCUT2D eigenvalue weighted by Crippen LogP contribution is -2.30. The van der Waals surface area contributed by atoms with Gasteiger partial charge in [0.25, 0.3) is 5.56 Å². The summed E-state index contributed by atoms with van der Waals surface area (Å²) in [6, 6.07) is 1.59. The molecule has 21 heavy (non-hydrogen) atoms. The zero-order chi connectivity index (χ0) is 15.1. The van der Waals surface area contributed by atoms with Crippen molar-refractivity contribution in [3.05, 3.63) is 22.6 Å². The topological polar surface area (TPSA) is 65.8 Å². The molecule has 1 saturated heterocycles. The Hall–Kier alpha value is -1.44. The molecule has 1 aliphatic rings. The molecule has 1 aromatic heterocycles. The number of methoxy groups -OCH3 is 1. The van der Waals surface area contributed by atoms with Crippen LogP contribution in [0, 0.1) is 0 Å². The summed E-state index contributed by atoms with van der Waals surface area (Å²) in [4.78, 5) is 14.0. The number of hydrogen-bond acceptors (Lipinski definition) is 6. The van der Waals surface area contributed by atoms with Gasteiger partial charge in [0.2, 0.25) is 0 Å². The van der Waals surface area contributed by atoms with E-state index in [0.717, 1.165) is 25.3 Å². The highest BCUT2D eigenvalue weighted by atomic mass is 16.7. The highest BCUT2D eigenvalue weighted by Gasteiger charge is 2.14. The van der Waals surface area contributed by atoms with E-state index in [2.05, 4.69) is 5.10 Å². The second-order valence-electron chi connectivity index (χ2n) is 5.00. The smallest absolute Gasteiger partial charge is 0.268 e.